The lowest BCUT2D eigenvalue weighted by Gasteiger charge is -2.22. The normalized spacial score (nSPS) is 11.4. The van der Waals surface area contributed by atoms with Crippen molar-refractivity contribution in [3.63, 3.8) is 0 Å². The highest BCUT2D eigenvalue weighted by molar-refractivity contribution is 5.86. The molecular weight excluding hydrogens is 258 g/mol. The Morgan fingerprint density at radius 2 is 2.00 bits per heavy atom. The molecule has 0 aromatic heterocycles. The van der Waals surface area contributed by atoms with Gasteiger partial charge in [-0.25, -0.2) is 5.43 Å². The zero-order valence-corrected chi connectivity index (χ0v) is 12.6. The van der Waals surface area contributed by atoms with E-state index in [1.807, 2.05) is 33.3 Å². The van der Waals surface area contributed by atoms with Crippen molar-refractivity contribution >= 4 is 12.1 Å². The van der Waals surface area contributed by atoms with Crippen LogP contribution in [0.15, 0.2) is 23.3 Å². The van der Waals surface area contributed by atoms with Crippen LogP contribution >= 0.6 is 0 Å². The molecule has 0 unspecified atom stereocenters. The third kappa shape index (κ3) is 4.89. The quantitative estimate of drug-likeness (QED) is 0.477. The van der Waals surface area contributed by atoms with Crippen LogP contribution in [0.5, 0.6) is 11.5 Å². The highest BCUT2D eigenvalue weighted by Gasteiger charge is 2.13. The number of hydrogen-bond donors (Lipinski definition) is 1. The molecule has 110 valence electrons. The smallest absolute Gasteiger partial charge is 0.295 e. The largest absolute Gasteiger partial charge is 0.493 e. The fourth-order valence-corrected chi connectivity index (χ4v) is 1.65. The summed E-state index contributed by atoms with van der Waals surface area (Å²) in [7, 11) is 8.95. The van der Waals surface area contributed by atoms with Gasteiger partial charge in [0.05, 0.1) is 41.6 Å². The van der Waals surface area contributed by atoms with E-state index >= 15 is 0 Å². The van der Waals surface area contributed by atoms with Gasteiger partial charge in [-0.05, 0) is 12.1 Å². The van der Waals surface area contributed by atoms with Crippen molar-refractivity contribution in [3.05, 3.63) is 23.8 Å². The Balaban J connectivity index is 2.74. The van der Waals surface area contributed by atoms with E-state index in [-0.39, 0.29) is 5.91 Å². The summed E-state index contributed by atoms with van der Waals surface area (Å²) in [5.74, 6) is 1.06. The zero-order valence-electron chi connectivity index (χ0n) is 12.6. The van der Waals surface area contributed by atoms with Gasteiger partial charge in [0.25, 0.3) is 5.91 Å². The molecule has 0 fully saturated rings. The van der Waals surface area contributed by atoms with Gasteiger partial charge in [0.15, 0.2) is 18.0 Å². The van der Waals surface area contributed by atoms with Crippen molar-refractivity contribution in [2.75, 3.05) is 41.9 Å². The molecule has 1 aromatic rings. The van der Waals surface area contributed by atoms with E-state index in [0.29, 0.717) is 22.5 Å². The molecule has 0 spiro atoms. The molecule has 0 bridgehead atoms. The summed E-state index contributed by atoms with van der Waals surface area (Å²) in [6.07, 6.45) is 1.54. The van der Waals surface area contributed by atoms with E-state index in [0.717, 1.165) is 5.56 Å². The number of benzene rings is 1. The maximum absolute atomic E-state index is 11.6. The van der Waals surface area contributed by atoms with Crippen LogP contribution in [0.2, 0.25) is 0 Å². The number of nitrogens with zero attached hydrogens (tertiary/aromatic N) is 2. The van der Waals surface area contributed by atoms with Crippen LogP contribution in [0.1, 0.15) is 5.56 Å². The summed E-state index contributed by atoms with van der Waals surface area (Å²) < 4.78 is 11.0. The topological polar surface area (TPSA) is 59.9 Å². The minimum Gasteiger partial charge on any atom is -0.493 e. The lowest BCUT2D eigenvalue weighted by Crippen LogP contribution is -2.43. The van der Waals surface area contributed by atoms with E-state index in [9.17, 15) is 4.79 Å². The Hall–Kier alpha value is -2.08. The summed E-state index contributed by atoms with van der Waals surface area (Å²) in [4.78, 5) is 11.6. The number of nitrogens with one attached hydrogen (secondary N) is 1. The predicted octanol–water partition coefficient (Wildman–Crippen LogP) is 0.860. The van der Waals surface area contributed by atoms with Crippen LogP contribution in [-0.4, -0.2) is 58.5 Å². The molecule has 0 aliphatic rings. The second kappa shape index (κ2) is 6.91. The molecule has 0 radical (unpaired) electrons. The number of para-hydroxylation sites is 1. The average Bonchev–Trinajstić information content (AvgIpc) is 2.36. The van der Waals surface area contributed by atoms with Gasteiger partial charge in [-0.3, -0.25) is 4.79 Å². The number of ether oxygens (including phenoxy) is 2. The molecule has 0 heterocycles. The zero-order chi connectivity index (χ0) is 15.2. The summed E-state index contributed by atoms with van der Waals surface area (Å²) in [5, 5.41) is 3.94. The summed E-state index contributed by atoms with van der Waals surface area (Å²) in [6.45, 7) is 0.354. The van der Waals surface area contributed by atoms with Crippen molar-refractivity contribution in [1.82, 2.24) is 5.43 Å². The third-order valence-corrected chi connectivity index (χ3v) is 2.44. The van der Waals surface area contributed by atoms with Crippen LogP contribution < -0.4 is 14.9 Å². The van der Waals surface area contributed by atoms with Gasteiger partial charge in [-0.1, -0.05) is 6.07 Å². The maximum Gasteiger partial charge on any atom is 0.295 e. The first kappa shape index (κ1) is 16.0. The molecule has 0 saturated heterocycles. The first-order chi connectivity index (χ1) is 9.37. The fourth-order valence-electron chi connectivity index (χ4n) is 1.65. The van der Waals surface area contributed by atoms with E-state index < -0.39 is 0 Å². The standard InChI is InChI=1S/C14H21N3O3/c1-17(2,3)10-13(18)16-15-9-11-7-6-8-12(19-4)14(11)20-5/h6-9H,10H2,1-5H3/p+1/b15-9-. The third-order valence-electron chi connectivity index (χ3n) is 2.44. The lowest BCUT2D eigenvalue weighted by atomic mass is 10.2. The number of carbonyl (C=O) groups is 1. The molecule has 0 aliphatic heterocycles. The monoisotopic (exact) mass is 280 g/mol. The van der Waals surface area contributed by atoms with Crippen molar-refractivity contribution < 1.29 is 18.8 Å². The van der Waals surface area contributed by atoms with E-state index in [1.165, 1.54) is 6.21 Å². The molecule has 0 saturated carbocycles. The van der Waals surface area contributed by atoms with Gasteiger partial charge < -0.3 is 14.0 Å². The van der Waals surface area contributed by atoms with Gasteiger partial charge in [0, 0.05) is 5.56 Å². The maximum atomic E-state index is 11.6. The SMILES string of the molecule is COc1cccc(/C=N\NC(=O)C[N+](C)(C)C)c1OC. The molecule has 0 atom stereocenters. The van der Waals surface area contributed by atoms with Crippen LogP contribution in [0.4, 0.5) is 0 Å². The minimum atomic E-state index is -0.143. The molecule has 0 aliphatic carbocycles. The number of amides is 1. The first-order valence-corrected chi connectivity index (χ1v) is 6.20. The van der Waals surface area contributed by atoms with Gasteiger partial charge in [0.2, 0.25) is 0 Å². The highest BCUT2D eigenvalue weighted by atomic mass is 16.5. The number of likely N-dealkylation sites (N-methyl/N-ethyl adjacent to an activating group) is 1. The number of carbonyl (C=O) groups excluding carboxylic acids is 1. The Morgan fingerprint density at radius 1 is 1.30 bits per heavy atom. The van der Waals surface area contributed by atoms with E-state index in [1.54, 1.807) is 20.3 Å². The number of methoxy groups -OCH3 is 2. The Morgan fingerprint density at radius 3 is 2.55 bits per heavy atom. The van der Waals surface area contributed by atoms with Gasteiger partial charge >= 0.3 is 0 Å². The van der Waals surface area contributed by atoms with Crippen LogP contribution in [0.25, 0.3) is 0 Å². The number of hydrogen-bond acceptors (Lipinski definition) is 4. The predicted molar refractivity (Wildman–Crippen MR) is 78.2 cm³/mol. The molecule has 6 heteroatoms. The molecule has 6 nitrogen and oxygen atoms in total. The van der Waals surface area contributed by atoms with Crippen molar-refractivity contribution in [1.29, 1.82) is 0 Å². The van der Waals surface area contributed by atoms with E-state index in [2.05, 4.69) is 10.5 Å². The number of rotatable bonds is 6. The number of hydrazone groups is 1. The van der Waals surface area contributed by atoms with Crippen molar-refractivity contribution in [3.8, 4) is 11.5 Å². The Kier molecular flexibility index (Phi) is 5.52. The molecule has 1 aromatic carbocycles. The summed E-state index contributed by atoms with van der Waals surface area (Å²) in [6, 6.07) is 5.46. The van der Waals surface area contributed by atoms with Crippen LogP contribution in [-0.2, 0) is 4.79 Å². The number of quaternary nitrogens is 1. The van der Waals surface area contributed by atoms with Crippen molar-refractivity contribution in [2.24, 2.45) is 5.10 Å². The Bertz CT molecular complexity index is 493. The van der Waals surface area contributed by atoms with Gasteiger partial charge in [0.1, 0.15) is 0 Å². The lowest BCUT2D eigenvalue weighted by molar-refractivity contribution is -0.862. The molecule has 1 N–H and O–H groups in total. The molecule has 1 amide bonds. The molecule has 1 rings (SSSR count). The highest BCUT2D eigenvalue weighted by Crippen LogP contribution is 2.29. The van der Waals surface area contributed by atoms with Crippen LogP contribution in [0, 0.1) is 0 Å². The molecular formula is C14H22N3O3+. The average molecular weight is 280 g/mol. The fraction of sp³-hybridized carbons (Fsp3) is 0.429. The second-order valence-electron chi connectivity index (χ2n) is 5.32. The van der Waals surface area contributed by atoms with Crippen LogP contribution in [0.3, 0.4) is 0 Å². The summed E-state index contributed by atoms with van der Waals surface area (Å²) >= 11 is 0. The Labute approximate surface area is 119 Å². The second-order valence-corrected chi connectivity index (χ2v) is 5.32. The van der Waals surface area contributed by atoms with E-state index in [4.69, 9.17) is 9.47 Å². The molecule has 20 heavy (non-hydrogen) atoms. The minimum absolute atomic E-state index is 0.143. The van der Waals surface area contributed by atoms with Gasteiger partial charge in [-0.15, -0.1) is 0 Å². The van der Waals surface area contributed by atoms with Crippen molar-refractivity contribution in [2.45, 2.75) is 0 Å². The summed E-state index contributed by atoms with van der Waals surface area (Å²) in [5.41, 5.74) is 3.23. The first-order valence-electron chi connectivity index (χ1n) is 6.20. The van der Waals surface area contributed by atoms with Gasteiger partial charge in [-0.2, -0.15) is 5.10 Å².